The highest BCUT2D eigenvalue weighted by atomic mass is 16.5. The van der Waals surface area contributed by atoms with Crippen LogP contribution in [0.1, 0.15) is 48.1 Å². The Morgan fingerprint density at radius 1 is 1.10 bits per heavy atom. The van der Waals surface area contributed by atoms with Gasteiger partial charge >= 0.3 is 0 Å². The van der Waals surface area contributed by atoms with E-state index in [1.165, 1.54) is 0 Å². The molecule has 0 saturated heterocycles. The van der Waals surface area contributed by atoms with Crippen molar-refractivity contribution in [3.8, 4) is 5.75 Å². The highest BCUT2D eigenvalue weighted by Crippen LogP contribution is 2.35. The summed E-state index contributed by atoms with van der Waals surface area (Å²) in [5, 5.41) is 0. The number of nitrogens with one attached hydrogen (secondary N) is 1. The maximum absolute atomic E-state index is 5.91. The standard InChI is InChI=1S/C17H24N2O2/c1-10(2)20-15-9-7-6-8-14(15)17(19-18)16-11(3)12(4)21-13(16)5/h6-10,17,19H,18H2,1-5H3. The molecule has 1 aromatic carbocycles. The van der Waals surface area contributed by atoms with Crippen LogP contribution in [0.15, 0.2) is 28.7 Å². The van der Waals surface area contributed by atoms with Gasteiger partial charge in [0.2, 0.25) is 0 Å². The van der Waals surface area contributed by atoms with Crippen molar-refractivity contribution in [2.75, 3.05) is 0 Å². The number of nitrogens with two attached hydrogens (primary N) is 1. The van der Waals surface area contributed by atoms with E-state index in [0.29, 0.717) is 0 Å². The molecule has 0 bridgehead atoms. The van der Waals surface area contributed by atoms with E-state index in [9.17, 15) is 0 Å². The number of hydrogen-bond donors (Lipinski definition) is 2. The fraction of sp³-hybridized carbons (Fsp3) is 0.412. The number of rotatable bonds is 5. The van der Waals surface area contributed by atoms with Crippen LogP contribution in [0.25, 0.3) is 0 Å². The average Bonchev–Trinajstić information content (AvgIpc) is 2.67. The summed E-state index contributed by atoms with van der Waals surface area (Å²) in [6.07, 6.45) is 0.109. The van der Waals surface area contributed by atoms with Gasteiger partial charge < -0.3 is 9.15 Å². The second kappa shape index (κ2) is 6.33. The Labute approximate surface area is 126 Å². The highest BCUT2D eigenvalue weighted by molar-refractivity contribution is 5.46. The van der Waals surface area contributed by atoms with E-state index < -0.39 is 0 Å². The van der Waals surface area contributed by atoms with Gasteiger partial charge in [0, 0.05) is 11.1 Å². The number of aryl methyl sites for hydroxylation is 2. The molecule has 4 heteroatoms. The van der Waals surface area contributed by atoms with Crippen molar-refractivity contribution in [2.45, 2.75) is 46.8 Å². The number of para-hydroxylation sites is 1. The van der Waals surface area contributed by atoms with Gasteiger partial charge in [-0.05, 0) is 46.2 Å². The Morgan fingerprint density at radius 2 is 1.76 bits per heavy atom. The zero-order chi connectivity index (χ0) is 15.6. The van der Waals surface area contributed by atoms with E-state index in [4.69, 9.17) is 15.0 Å². The number of hydrazine groups is 1. The van der Waals surface area contributed by atoms with Crippen LogP contribution in [-0.4, -0.2) is 6.10 Å². The first-order chi connectivity index (χ1) is 9.95. The van der Waals surface area contributed by atoms with Gasteiger partial charge in [0.05, 0.1) is 12.1 Å². The first-order valence-electron chi connectivity index (χ1n) is 7.23. The summed E-state index contributed by atoms with van der Waals surface area (Å²) >= 11 is 0. The van der Waals surface area contributed by atoms with Crippen molar-refractivity contribution in [1.29, 1.82) is 0 Å². The van der Waals surface area contributed by atoms with Gasteiger partial charge in [-0.25, -0.2) is 5.43 Å². The molecule has 1 aromatic heterocycles. The molecular formula is C17H24N2O2. The number of hydrogen-bond acceptors (Lipinski definition) is 4. The summed E-state index contributed by atoms with van der Waals surface area (Å²) in [6.45, 7) is 10.0. The molecule has 114 valence electrons. The van der Waals surface area contributed by atoms with Crippen LogP contribution in [0.2, 0.25) is 0 Å². The minimum Gasteiger partial charge on any atom is -0.491 e. The molecule has 1 unspecified atom stereocenters. The number of furan rings is 1. The molecule has 1 heterocycles. The topological polar surface area (TPSA) is 60.4 Å². The summed E-state index contributed by atoms with van der Waals surface area (Å²) in [5.41, 5.74) is 6.12. The summed E-state index contributed by atoms with van der Waals surface area (Å²) in [7, 11) is 0. The molecule has 0 aliphatic rings. The van der Waals surface area contributed by atoms with Crippen LogP contribution in [0.4, 0.5) is 0 Å². The number of ether oxygens (including phenoxy) is 1. The van der Waals surface area contributed by atoms with Crippen LogP contribution in [0.5, 0.6) is 5.75 Å². The summed E-state index contributed by atoms with van der Waals surface area (Å²) in [6, 6.07) is 7.80. The molecule has 21 heavy (non-hydrogen) atoms. The van der Waals surface area contributed by atoms with E-state index >= 15 is 0 Å². The molecule has 0 aliphatic heterocycles. The Balaban J connectivity index is 2.52. The molecule has 1 atom stereocenters. The fourth-order valence-electron chi connectivity index (χ4n) is 2.64. The van der Waals surface area contributed by atoms with Crippen molar-refractivity contribution in [1.82, 2.24) is 5.43 Å². The normalized spacial score (nSPS) is 12.7. The minimum absolute atomic E-state index is 0.109. The third-order valence-electron chi connectivity index (χ3n) is 3.67. The summed E-state index contributed by atoms with van der Waals surface area (Å²) < 4.78 is 11.6. The van der Waals surface area contributed by atoms with E-state index in [2.05, 4.69) is 12.3 Å². The van der Waals surface area contributed by atoms with E-state index in [1.54, 1.807) is 0 Å². The SMILES string of the molecule is Cc1oc(C)c(C(NN)c2ccccc2OC(C)C)c1C. The smallest absolute Gasteiger partial charge is 0.124 e. The third kappa shape index (κ3) is 3.12. The second-order valence-corrected chi connectivity index (χ2v) is 5.56. The molecule has 0 amide bonds. The van der Waals surface area contributed by atoms with E-state index in [1.807, 2.05) is 52.0 Å². The molecule has 0 aliphatic carbocycles. The van der Waals surface area contributed by atoms with Crippen LogP contribution >= 0.6 is 0 Å². The lowest BCUT2D eigenvalue weighted by Gasteiger charge is -2.21. The van der Waals surface area contributed by atoms with Gasteiger partial charge in [0.15, 0.2) is 0 Å². The van der Waals surface area contributed by atoms with Gasteiger partial charge in [-0.3, -0.25) is 5.84 Å². The molecule has 0 saturated carbocycles. The molecule has 0 radical (unpaired) electrons. The Kier molecular flexibility index (Phi) is 4.70. The van der Waals surface area contributed by atoms with Gasteiger partial charge in [0.25, 0.3) is 0 Å². The molecule has 2 rings (SSSR count). The third-order valence-corrected chi connectivity index (χ3v) is 3.67. The molecule has 3 N–H and O–H groups in total. The van der Waals surface area contributed by atoms with Gasteiger partial charge in [-0.1, -0.05) is 18.2 Å². The predicted octanol–water partition coefficient (Wildman–Crippen LogP) is 3.54. The lowest BCUT2D eigenvalue weighted by molar-refractivity contribution is 0.238. The predicted molar refractivity (Wildman–Crippen MR) is 84.3 cm³/mol. The first kappa shape index (κ1) is 15.6. The summed E-state index contributed by atoms with van der Waals surface area (Å²) in [5.74, 6) is 8.48. The Hall–Kier alpha value is -1.78. The lowest BCUT2D eigenvalue weighted by atomic mass is 9.95. The molecule has 0 spiro atoms. The molecule has 0 fully saturated rings. The summed E-state index contributed by atoms with van der Waals surface area (Å²) in [4.78, 5) is 0. The Bertz CT molecular complexity index is 617. The van der Waals surface area contributed by atoms with Gasteiger partial charge in [0.1, 0.15) is 17.3 Å². The fourth-order valence-corrected chi connectivity index (χ4v) is 2.64. The van der Waals surface area contributed by atoms with Gasteiger partial charge in [-0.2, -0.15) is 0 Å². The molecule has 2 aromatic rings. The van der Waals surface area contributed by atoms with Crippen molar-refractivity contribution in [3.63, 3.8) is 0 Å². The largest absolute Gasteiger partial charge is 0.491 e. The molecule has 4 nitrogen and oxygen atoms in total. The van der Waals surface area contributed by atoms with Crippen molar-refractivity contribution in [3.05, 3.63) is 52.5 Å². The van der Waals surface area contributed by atoms with Gasteiger partial charge in [-0.15, -0.1) is 0 Å². The lowest BCUT2D eigenvalue weighted by Crippen LogP contribution is -2.30. The van der Waals surface area contributed by atoms with Crippen LogP contribution in [0, 0.1) is 20.8 Å². The second-order valence-electron chi connectivity index (χ2n) is 5.56. The maximum atomic E-state index is 5.91. The van der Waals surface area contributed by atoms with E-state index in [-0.39, 0.29) is 12.1 Å². The minimum atomic E-state index is -0.155. The monoisotopic (exact) mass is 288 g/mol. The van der Waals surface area contributed by atoms with Crippen LogP contribution < -0.4 is 16.0 Å². The quantitative estimate of drug-likeness (QED) is 0.652. The zero-order valence-electron chi connectivity index (χ0n) is 13.4. The van der Waals surface area contributed by atoms with Crippen LogP contribution in [-0.2, 0) is 0 Å². The maximum Gasteiger partial charge on any atom is 0.124 e. The first-order valence-corrected chi connectivity index (χ1v) is 7.23. The average molecular weight is 288 g/mol. The zero-order valence-corrected chi connectivity index (χ0v) is 13.4. The van der Waals surface area contributed by atoms with Crippen molar-refractivity contribution in [2.24, 2.45) is 5.84 Å². The van der Waals surface area contributed by atoms with E-state index in [0.717, 1.165) is 34.0 Å². The number of benzene rings is 1. The van der Waals surface area contributed by atoms with Crippen molar-refractivity contribution < 1.29 is 9.15 Å². The van der Waals surface area contributed by atoms with Crippen LogP contribution in [0.3, 0.4) is 0 Å². The highest BCUT2D eigenvalue weighted by Gasteiger charge is 2.24. The molecular weight excluding hydrogens is 264 g/mol. The van der Waals surface area contributed by atoms with Crippen molar-refractivity contribution >= 4 is 0 Å². The Morgan fingerprint density at radius 3 is 2.29 bits per heavy atom.